The summed E-state index contributed by atoms with van der Waals surface area (Å²) in [6.45, 7) is 1.94. The maximum absolute atomic E-state index is 11.3. The van der Waals surface area contributed by atoms with Gasteiger partial charge in [-0.05, 0) is 0 Å². The van der Waals surface area contributed by atoms with E-state index in [9.17, 15) is 9.90 Å². The van der Waals surface area contributed by atoms with Crippen molar-refractivity contribution in [2.24, 2.45) is 0 Å². The molecule has 0 aromatic rings. The standard InChI is InChI=1S/C9H14N2O3/c1-2-5-14-9(13)11-4-3-10-6-8(12)7-11/h1,8,10,12H,3-7H2. The lowest BCUT2D eigenvalue weighted by Gasteiger charge is -2.20. The molecule has 5 nitrogen and oxygen atoms in total. The van der Waals surface area contributed by atoms with Crippen molar-refractivity contribution < 1.29 is 14.6 Å². The van der Waals surface area contributed by atoms with E-state index in [1.54, 1.807) is 0 Å². The summed E-state index contributed by atoms with van der Waals surface area (Å²) < 4.78 is 4.75. The number of β-amino-alcohol motifs (C(OH)–C–C–N with tert-alkyl or cyclic N) is 1. The van der Waals surface area contributed by atoms with Crippen molar-refractivity contribution in [2.75, 3.05) is 32.8 Å². The van der Waals surface area contributed by atoms with Gasteiger partial charge in [-0.15, -0.1) is 6.42 Å². The van der Waals surface area contributed by atoms with Crippen molar-refractivity contribution >= 4 is 6.09 Å². The number of rotatable bonds is 1. The van der Waals surface area contributed by atoms with Gasteiger partial charge in [-0.3, -0.25) is 0 Å². The molecule has 14 heavy (non-hydrogen) atoms. The molecule has 1 fully saturated rings. The SMILES string of the molecule is C#CCOC(=O)N1CCNCC(O)C1. The van der Waals surface area contributed by atoms with Gasteiger partial charge in [0.1, 0.15) is 0 Å². The van der Waals surface area contributed by atoms with E-state index in [0.29, 0.717) is 19.6 Å². The Morgan fingerprint density at radius 3 is 3.29 bits per heavy atom. The van der Waals surface area contributed by atoms with Crippen LogP contribution in [0.15, 0.2) is 0 Å². The van der Waals surface area contributed by atoms with Crippen molar-refractivity contribution in [3.05, 3.63) is 0 Å². The van der Waals surface area contributed by atoms with Crippen molar-refractivity contribution in [2.45, 2.75) is 6.10 Å². The molecular formula is C9H14N2O3. The molecule has 1 heterocycles. The van der Waals surface area contributed by atoms with Gasteiger partial charge in [-0.2, -0.15) is 0 Å². The van der Waals surface area contributed by atoms with Gasteiger partial charge in [-0.25, -0.2) is 4.79 Å². The number of amides is 1. The zero-order chi connectivity index (χ0) is 10.4. The molecule has 1 aliphatic heterocycles. The highest BCUT2D eigenvalue weighted by Gasteiger charge is 2.20. The molecule has 1 amide bonds. The maximum Gasteiger partial charge on any atom is 0.410 e. The van der Waals surface area contributed by atoms with E-state index in [1.165, 1.54) is 4.90 Å². The van der Waals surface area contributed by atoms with Crippen LogP contribution in [-0.4, -0.2) is 55.0 Å². The second-order valence-electron chi connectivity index (χ2n) is 3.06. The monoisotopic (exact) mass is 198 g/mol. The molecule has 1 aliphatic rings. The van der Waals surface area contributed by atoms with Gasteiger partial charge in [0.25, 0.3) is 0 Å². The predicted octanol–water partition coefficient (Wildman–Crippen LogP) is -0.978. The van der Waals surface area contributed by atoms with E-state index in [4.69, 9.17) is 11.2 Å². The fourth-order valence-corrected chi connectivity index (χ4v) is 1.25. The molecule has 1 saturated heterocycles. The molecule has 0 radical (unpaired) electrons. The van der Waals surface area contributed by atoms with Crippen LogP contribution < -0.4 is 5.32 Å². The Bertz CT molecular complexity index is 237. The Hall–Kier alpha value is -1.25. The van der Waals surface area contributed by atoms with Gasteiger partial charge < -0.3 is 20.1 Å². The molecule has 0 aromatic carbocycles. The normalized spacial score (nSPS) is 22.3. The van der Waals surface area contributed by atoms with Crippen LogP contribution in [0.25, 0.3) is 0 Å². The van der Waals surface area contributed by atoms with Crippen molar-refractivity contribution in [3.8, 4) is 12.3 Å². The van der Waals surface area contributed by atoms with E-state index < -0.39 is 12.2 Å². The van der Waals surface area contributed by atoms with Crippen LogP contribution in [0.5, 0.6) is 0 Å². The van der Waals surface area contributed by atoms with E-state index in [0.717, 1.165) is 0 Å². The van der Waals surface area contributed by atoms with Crippen LogP contribution in [0.2, 0.25) is 0 Å². The lowest BCUT2D eigenvalue weighted by molar-refractivity contribution is 0.0903. The minimum atomic E-state index is -0.545. The fraction of sp³-hybridized carbons (Fsp3) is 0.667. The predicted molar refractivity (Wildman–Crippen MR) is 50.6 cm³/mol. The Balaban J connectivity index is 2.41. The lowest BCUT2D eigenvalue weighted by atomic mass is 10.3. The summed E-state index contributed by atoms with van der Waals surface area (Å²) in [6.07, 6.45) is 3.94. The first-order valence-electron chi connectivity index (χ1n) is 4.48. The lowest BCUT2D eigenvalue weighted by Crippen LogP contribution is -2.38. The van der Waals surface area contributed by atoms with Crippen molar-refractivity contribution in [1.29, 1.82) is 0 Å². The zero-order valence-electron chi connectivity index (χ0n) is 7.90. The summed E-state index contributed by atoms with van der Waals surface area (Å²) in [4.78, 5) is 12.8. The summed E-state index contributed by atoms with van der Waals surface area (Å²) in [5.74, 6) is 2.22. The third-order valence-electron chi connectivity index (χ3n) is 1.91. The van der Waals surface area contributed by atoms with E-state index in [2.05, 4.69) is 11.2 Å². The summed E-state index contributed by atoms with van der Waals surface area (Å²) in [6, 6.07) is 0. The minimum absolute atomic E-state index is 0.0289. The second-order valence-corrected chi connectivity index (χ2v) is 3.06. The molecule has 2 N–H and O–H groups in total. The Kier molecular flexibility index (Phi) is 4.23. The molecule has 0 spiro atoms. The van der Waals surface area contributed by atoms with Crippen LogP contribution in [0.4, 0.5) is 4.79 Å². The fourth-order valence-electron chi connectivity index (χ4n) is 1.25. The van der Waals surface area contributed by atoms with E-state index >= 15 is 0 Å². The van der Waals surface area contributed by atoms with Crippen molar-refractivity contribution in [1.82, 2.24) is 10.2 Å². The first-order valence-corrected chi connectivity index (χ1v) is 4.48. The van der Waals surface area contributed by atoms with Gasteiger partial charge in [-0.1, -0.05) is 5.92 Å². The van der Waals surface area contributed by atoms with Crippen LogP contribution in [0.1, 0.15) is 0 Å². The third-order valence-corrected chi connectivity index (χ3v) is 1.91. The Morgan fingerprint density at radius 2 is 2.57 bits per heavy atom. The molecule has 0 bridgehead atoms. The smallest absolute Gasteiger partial charge is 0.410 e. The van der Waals surface area contributed by atoms with Gasteiger partial charge in [0, 0.05) is 19.6 Å². The Morgan fingerprint density at radius 1 is 1.79 bits per heavy atom. The number of hydrogen-bond donors (Lipinski definition) is 2. The van der Waals surface area contributed by atoms with Crippen LogP contribution in [-0.2, 0) is 4.74 Å². The van der Waals surface area contributed by atoms with Crippen molar-refractivity contribution in [3.63, 3.8) is 0 Å². The van der Waals surface area contributed by atoms with Crippen LogP contribution >= 0.6 is 0 Å². The molecule has 0 aromatic heterocycles. The van der Waals surface area contributed by atoms with Gasteiger partial charge >= 0.3 is 6.09 Å². The third kappa shape index (κ3) is 3.24. The topological polar surface area (TPSA) is 61.8 Å². The van der Waals surface area contributed by atoms with Crippen LogP contribution in [0, 0.1) is 12.3 Å². The maximum atomic E-state index is 11.3. The molecule has 5 heteroatoms. The first-order chi connectivity index (χ1) is 6.74. The molecule has 0 saturated carbocycles. The molecule has 78 valence electrons. The summed E-state index contributed by atoms with van der Waals surface area (Å²) in [5, 5.41) is 12.4. The highest BCUT2D eigenvalue weighted by atomic mass is 16.6. The average Bonchev–Trinajstić information content (AvgIpc) is 2.39. The molecule has 1 atom stereocenters. The largest absolute Gasteiger partial charge is 0.436 e. The number of aliphatic hydroxyl groups excluding tert-OH is 1. The number of carbonyl (C=O) groups is 1. The van der Waals surface area contributed by atoms with E-state index in [-0.39, 0.29) is 13.2 Å². The van der Waals surface area contributed by atoms with Crippen LogP contribution in [0.3, 0.4) is 0 Å². The van der Waals surface area contributed by atoms with Gasteiger partial charge in [0.05, 0.1) is 12.6 Å². The highest BCUT2D eigenvalue weighted by molar-refractivity contribution is 5.67. The number of carbonyl (C=O) groups excluding carboxylic acids is 1. The Labute approximate surface area is 83.0 Å². The minimum Gasteiger partial charge on any atom is -0.436 e. The second kappa shape index (κ2) is 5.47. The number of nitrogens with one attached hydrogen (secondary N) is 1. The van der Waals surface area contributed by atoms with Gasteiger partial charge in [0.15, 0.2) is 6.61 Å². The number of ether oxygens (including phenoxy) is 1. The van der Waals surface area contributed by atoms with Gasteiger partial charge in [0.2, 0.25) is 0 Å². The average molecular weight is 198 g/mol. The number of nitrogens with zero attached hydrogens (tertiary/aromatic N) is 1. The quantitative estimate of drug-likeness (QED) is 0.532. The first kappa shape index (κ1) is 10.8. The summed E-state index contributed by atoms with van der Waals surface area (Å²) in [7, 11) is 0. The molecule has 1 rings (SSSR count). The zero-order valence-corrected chi connectivity index (χ0v) is 7.90. The number of terminal acetylenes is 1. The summed E-state index contributed by atoms with van der Waals surface area (Å²) >= 11 is 0. The number of hydrogen-bond acceptors (Lipinski definition) is 4. The van der Waals surface area contributed by atoms with E-state index in [1.807, 2.05) is 0 Å². The number of aliphatic hydroxyl groups is 1. The highest BCUT2D eigenvalue weighted by Crippen LogP contribution is 1.99. The molecule has 1 unspecified atom stereocenters. The summed E-state index contributed by atoms with van der Waals surface area (Å²) in [5.41, 5.74) is 0. The molecule has 0 aliphatic carbocycles. The molecular weight excluding hydrogens is 184 g/mol.